The van der Waals surface area contributed by atoms with Gasteiger partial charge >= 0.3 is 29.6 Å². The van der Waals surface area contributed by atoms with E-state index in [2.05, 4.69) is 20.3 Å². The molecule has 3 rings (SSSR count). The third kappa shape index (κ3) is 4.32. The summed E-state index contributed by atoms with van der Waals surface area (Å²) in [6.07, 6.45) is -2.02. The van der Waals surface area contributed by atoms with Gasteiger partial charge in [-0.25, -0.2) is 23.4 Å². The predicted molar refractivity (Wildman–Crippen MR) is 81.4 cm³/mol. The zero-order chi connectivity index (χ0) is 18.2. The van der Waals surface area contributed by atoms with Gasteiger partial charge in [0.25, 0.3) is 0 Å². The van der Waals surface area contributed by atoms with Crippen LogP contribution in [0.15, 0.2) is 12.7 Å². The number of nitrogens with one attached hydrogen (secondary N) is 1. The van der Waals surface area contributed by atoms with E-state index in [4.69, 9.17) is 9.84 Å². The first-order valence-electron chi connectivity index (χ1n) is 7.29. The maximum Gasteiger partial charge on any atom is 1.00 e. The molecule has 0 bridgehead atoms. The minimum absolute atomic E-state index is 0. The Morgan fingerprint density at radius 3 is 2.62 bits per heavy atom. The molecule has 0 saturated carbocycles. The van der Waals surface area contributed by atoms with Crippen LogP contribution in [0.3, 0.4) is 0 Å². The summed E-state index contributed by atoms with van der Waals surface area (Å²) >= 11 is 0. The quantitative estimate of drug-likeness (QED) is 0.269. The molecule has 0 aliphatic carbocycles. The van der Waals surface area contributed by atoms with E-state index in [1.807, 2.05) is 0 Å². The van der Waals surface area contributed by atoms with Crippen molar-refractivity contribution in [2.45, 2.75) is 24.5 Å². The number of hydrogen-bond acceptors (Lipinski definition) is 11. The molecular formula is C12H16N5NaO7S. The van der Waals surface area contributed by atoms with Crippen LogP contribution in [0.25, 0.3) is 11.2 Å². The van der Waals surface area contributed by atoms with Gasteiger partial charge in [0.2, 0.25) is 0 Å². The van der Waals surface area contributed by atoms with Crippen LogP contribution in [0.2, 0.25) is 0 Å². The molecule has 1 saturated heterocycles. The Bertz CT molecular complexity index is 863. The fraction of sp³-hybridized carbons (Fsp3) is 0.583. The van der Waals surface area contributed by atoms with E-state index in [1.54, 1.807) is 0 Å². The van der Waals surface area contributed by atoms with Crippen molar-refractivity contribution in [3.8, 4) is 0 Å². The normalized spacial score (nSPS) is 26.0. The molecular weight excluding hydrogens is 381 g/mol. The van der Waals surface area contributed by atoms with Gasteiger partial charge in [-0.15, -0.1) is 0 Å². The molecule has 1 fully saturated rings. The van der Waals surface area contributed by atoms with Gasteiger partial charge in [-0.05, 0) is 0 Å². The SMILES string of the molecule is O=S(=O)([O-])CCNc1ncnc2c1ncn2C1O[C@H](CO)[C@@H](O)[C@H]1O.[Na+]. The summed E-state index contributed by atoms with van der Waals surface area (Å²) in [6, 6.07) is 0. The molecule has 1 aliphatic rings. The number of rotatable bonds is 6. The number of anilines is 1. The van der Waals surface area contributed by atoms with Crippen LogP contribution in [0.1, 0.15) is 6.23 Å². The molecule has 1 aliphatic heterocycles. The first kappa shape index (κ1) is 21.4. The number of aromatic nitrogens is 4. The van der Waals surface area contributed by atoms with Gasteiger partial charge in [0.1, 0.15) is 24.6 Å². The largest absolute Gasteiger partial charge is 1.00 e. The Morgan fingerprint density at radius 2 is 2.00 bits per heavy atom. The summed E-state index contributed by atoms with van der Waals surface area (Å²) in [5.41, 5.74) is 0.529. The second kappa shape index (κ2) is 8.41. The minimum atomic E-state index is -4.36. The van der Waals surface area contributed by atoms with Gasteiger partial charge in [-0.2, -0.15) is 0 Å². The molecule has 0 amide bonds. The molecule has 0 spiro atoms. The zero-order valence-corrected chi connectivity index (χ0v) is 16.6. The van der Waals surface area contributed by atoms with Crippen molar-refractivity contribution in [2.24, 2.45) is 0 Å². The second-order valence-electron chi connectivity index (χ2n) is 5.46. The third-order valence-corrected chi connectivity index (χ3v) is 4.50. The second-order valence-corrected chi connectivity index (χ2v) is 6.99. The molecule has 2 aromatic rings. The number of ether oxygens (including phenoxy) is 1. The van der Waals surface area contributed by atoms with E-state index in [9.17, 15) is 23.2 Å². The van der Waals surface area contributed by atoms with Crippen LogP contribution in [-0.4, -0.2) is 85.0 Å². The molecule has 14 heteroatoms. The number of aliphatic hydroxyl groups is 3. The van der Waals surface area contributed by atoms with Crippen molar-refractivity contribution in [1.82, 2.24) is 19.5 Å². The van der Waals surface area contributed by atoms with Crippen molar-refractivity contribution in [2.75, 3.05) is 24.2 Å². The van der Waals surface area contributed by atoms with Gasteiger partial charge in [0, 0.05) is 6.54 Å². The van der Waals surface area contributed by atoms with E-state index in [0.29, 0.717) is 0 Å². The van der Waals surface area contributed by atoms with Crippen LogP contribution in [0.5, 0.6) is 0 Å². The molecule has 0 aromatic carbocycles. The van der Waals surface area contributed by atoms with Gasteiger partial charge in [0.15, 0.2) is 23.2 Å². The number of imidazole rings is 1. The Morgan fingerprint density at radius 1 is 1.27 bits per heavy atom. The molecule has 0 radical (unpaired) electrons. The third-order valence-electron chi connectivity index (χ3n) is 3.79. The average molecular weight is 397 g/mol. The van der Waals surface area contributed by atoms with Crippen molar-refractivity contribution in [3.63, 3.8) is 0 Å². The summed E-state index contributed by atoms with van der Waals surface area (Å²) < 4.78 is 38.8. The molecule has 138 valence electrons. The Kier molecular flexibility index (Phi) is 6.92. The van der Waals surface area contributed by atoms with E-state index in [-0.39, 0.29) is 53.1 Å². The van der Waals surface area contributed by atoms with Crippen molar-refractivity contribution >= 4 is 27.1 Å². The van der Waals surface area contributed by atoms with Gasteiger partial charge in [0.05, 0.1) is 28.8 Å². The summed E-state index contributed by atoms with van der Waals surface area (Å²) in [6.45, 7) is -0.620. The number of nitrogens with zero attached hydrogens (tertiary/aromatic N) is 4. The molecule has 2 aromatic heterocycles. The maximum absolute atomic E-state index is 10.7. The smallest absolute Gasteiger partial charge is 0.748 e. The number of hydrogen-bond donors (Lipinski definition) is 4. The summed E-state index contributed by atoms with van der Waals surface area (Å²) in [4.78, 5) is 12.1. The van der Waals surface area contributed by atoms with Crippen LogP contribution in [0, 0.1) is 0 Å². The van der Waals surface area contributed by atoms with Crippen LogP contribution in [0.4, 0.5) is 5.82 Å². The predicted octanol–water partition coefficient (Wildman–Crippen LogP) is -5.60. The molecule has 4 atom stereocenters. The van der Waals surface area contributed by atoms with Crippen LogP contribution < -0.4 is 34.9 Å². The van der Waals surface area contributed by atoms with Crippen molar-refractivity contribution in [3.05, 3.63) is 12.7 Å². The van der Waals surface area contributed by atoms with Crippen molar-refractivity contribution in [1.29, 1.82) is 0 Å². The summed E-state index contributed by atoms with van der Waals surface area (Å²) in [5, 5.41) is 31.8. The maximum atomic E-state index is 10.7. The van der Waals surface area contributed by atoms with E-state index >= 15 is 0 Å². The van der Waals surface area contributed by atoms with E-state index < -0.39 is 47.0 Å². The van der Waals surface area contributed by atoms with Gasteiger partial charge in [-0.1, -0.05) is 0 Å². The first-order valence-corrected chi connectivity index (χ1v) is 8.87. The standard InChI is InChI=1S/C12H17N5O7S.Na/c18-3-6-8(19)9(20)12(24-6)17-5-16-7-10(14-4-15-11(7)17)13-1-2-25(21,22)23;/h4-6,8-9,12,18-20H,1-3H2,(H,13,14,15)(H,21,22,23);/q;+1/p-1/t6-,8-,9-,12?;/m1./s1. The molecule has 26 heavy (non-hydrogen) atoms. The monoisotopic (exact) mass is 397 g/mol. The minimum Gasteiger partial charge on any atom is -0.748 e. The Labute approximate surface area is 170 Å². The summed E-state index contributed by atoms with van der Waals surface area (Å²) in [7, 11) is -4.36. The Balaban J connectivity index is 0.00000243. The fourth-order valence-electron chi connectivity index (χ4n) is 2.57. The van der Waals surface area contributed by atoms with Gasteiger partial charge < -0.3 is 29.9 Å². The number of fused-ring (bicyclic) bond motifs is 1. The average Bonchev–Trinajstić information content (AvgIpc) is 3.09. The van der Waals surface area contributed by atoms with Crippen LogP contribution >= 0.6 is 0 Å². The van der Waals surface area contributed by atoms with Crippen LogP contribution in [-0.2, 0) is 14.9 Å². The first-order chi connectivity index (χ1) is 11.8. The van der Waals surface area contributed by atoms with Crippen molar-refractivity contribution < 1.29 is 62.6 Å². The molecule has 3 heterocycles. The van der Waals surface area contributed by atoms with Gasteiger partial charge in [-0.3, -0.25) is 4.57 Å². The van der Waals surface area contributed by atoms with E-state index in [0.717, 1.165) is 0 Å². The fourth-order valence-corrected chi connectivity index (χ4v) is 2.92. The Hall–Kier alpha value is -0.900. The summed E-state index contributed by atoms with van der Waals surface area (Å²) in [5.74, 6) is -0.409. The molecule has 1 unspecified atom stereocenters. The topological polar surface area (TPSA) is 183 Å². The molecule has 4 N–H and O–H groups in total. The number of aliphatic hydroxyl groups excluding tert-OH is 3. The molecule has 12 nitrogen and oxygen atoms in total. The zero-order valence-electron chi connectivity index (χ0n) is 13.8. The van der Waals surface area contributed by atoms with E-state index in [1.165, 1.54) is 17.2 Å².